The van der Waals surface area contributed by atoms with Crippen LogP contribution in [0.4, 0.5) is 0 Å². The van der Waals surface area contributed by atoms with E-state index in [4.69, 9.17) is 9.97 Å². The van der Waals surface area contributed by atoms with Gasteiger partial charge in [-0.1, -0.05) is 24.3 Å². The van der Waals surface area contributed by atoms with Crippen LogP contribution >= 0.6 is 0 Å². The number of hydrogen-bond acceptors (Lipinski definition) is 3. The van der Waals surface area contributed by atoms with Gasteiger partial charge in [0.15, 0.2) is 0 Å². The molecule has 0 fully saturated rings. The Hall–Kier alpha value is -4.00. The molecule has 5 aromatic rings. The first-order valence-corrected chi connectivity index (χ1v) is 12.8. The fourth-order valence-electron chi connectivity index (χ4n) is 5.15. The van der Waals surface area contributed by atoms with E-state index < -0.39 is 0 Å². The summed E-state index contributed by atoms with van der Waals surface area (Å²) in [5.41, 5.74) is 13.2. The summed E-state index contributed by atoms with van der Waals surface area (Å²) in [5, 5.41) is 1.20. The van der Waals surface area contributed by atoms with Crippen LogP contribution in [0.5, 0.6) is 0 Å². The van der Waals surface area contributed by atoms with Gasteiger partial charge in [-0.05, 0) is 104 Å². The number of nitrogens with one attached hydrogen (secondary N) is 1. The summed E-state index contributed by atoms with van der Waals surface area (Å²) < 4.78 is 2.26. The second kappa shape index (κ2) is 11.0. The molecule has 2 aliphatic heterocycles. The van der Waals surface area contributed by atoms with Crippen LogP contribution in [0, 0.1) is 20.8 Å². The second-order valence-corrected chi connectivity index (χ2v) is 9.72. The van der Waals surface area contributed by atoms with E-state index in [1.807, 2.05) is 30.5 Å². The Morgan fingerprint density at radius 1 is 0.692 bits per heavy atom. The molecule has 1 aromatic carbocycles. The smallest absolute Gasteiger partial charge is 1.00 e. The zero-order valence-corrected chi connectivity index (χ0v) is 24.1. The molecule has 39 heavy (non-hydrogen) atoms. The molecule has 1 N–H and O–H groups in total. The summed E-state index contributed by atoms with van der Waals surface area (Å²) >= 11 is 0. The summed E-state index contributed by atoms with van der Waals surface area (Å²) in [5.74, 6) is 0. The first-order valence-electron chi connectivity index (χ1n) is 12.8. The molecule has 0 atom stereocenters. The predicted molar refractivity (Wildman–Crippen MR) is 167 cm³/mol. The minimum Gasteiger partial charge on any atom is -1.00 e. The number of H-pyrrole nitrogens is 1. The molecule has 6 heteroatoms. The Labute approximate surface area is 247 Å². The van der Waals surface area contributed by atoms with Crippen LogP contribution < -0.4 is 0 Å². The molecule has 0 aliphatic carbocycles. The first-order chi connectivity index (χ1) is 18.5. The van der Waals surface area contributed by atoms with Gasteiger partial charge >= 0.3 is 23.1 Å². The molecular weight excluding hydrogens is 491 g/mol. The maximum absolute atomic E-state index is 4.85. The SMILES string of the molecule is Cc1c(C)c2c(C)c3nc(cc4ccc(cc5nc(cc1n2C)C=C5)[nH]4)C=C3.[H-].[H-].[Mg+2].c1ccc2ncccc2c1. The van der Waals surface area contributed by atoms with E-state index >= 15 is 0 Å². The van der Waals surface area contributed by atoms with Gasteiger partial charge in [-0.3, -0.25) is 4.98 Å². The molecule has 0 saturated heterocycles. The van der Waals surface area contributed by atoms with Gasteiger partial charge < -0.3 is 12.4 Å². The topological polar surface area (TPSA) is 59.4 Å². The van der Waals surface area contributed by atoms with Crippen molar-refractivity contribution in [3.63, 3.8) is 0 Å². The third-order valence-corrected chi connectivity index (χ3v) is 7.22. The zero-order valence-electron chi connectivity index (χ0n) is 24.7. The Balaban J connectivity index is 0.000000303. The van der Waals surface area contributed by atoms with Gasteiger partial charge in [0.1, 0.15) is 0 Å². The zero-order chi connectivity index (χ0) is 26.2. The van der Waals surface area contributed by atoms with Crippen LogP contribution in [0.2, 0.25) is 0 Å². The summed E-state index contributed by atoms with van der Waals surface area (Å²) in [6.45, 7) is 6.52. The van der Waals surface area contributed by atoms with E-state index in [1.54, 1.807) is 0 Å². The molecule has 5 nitrogen and oxygen atoms in total. The number of pyridine rings is 1. The van der Waals surface area contributed by atoms with Gasteiger partial charge in [0.25, 0.3) is 0 Å². The molecule has 0 spiro atoms. The van der Waals surface area contributed by atoms with Crippen LogP contribution in [0.25, 0.3) is 57.3 Å². The normalized spacial score (nSPS) is 11.7. The van der Waals surface area contributed by atoms with Gasteiger partial charge in [-0.2, -0.15) is 0 Å². The third kappa shape index (κ3) is 5.31. The average Bonchev–Trinajstić information content (AvgIpc) is 3.72. The summed E-state index contributed by atoms with van der Waals surface area (Å²) in [7, 11) is 2.12. The maximum atomic E-state index is 4.85. The molecule has 4 aromatic heterocycles. The molecule has 0 saturated carbocycles. The number of fused-ring (bicyclic) bond motifs is 9. The van der Waals surface area contributed by atoms with Crippen LogP contribution in [0.15, 0.2) is 72.9 Å². The molecule has 0 amide bonds. The van der Waals surface area contributed by atoms with Gasteiger partial charge in [-0.25, -0.2) is 9.97 Å². The molecule has 2 aliphatic rings. The Morgan fingerprint density at radius 2 is 1.33 bits per heavy atom. The van der Waals surface area contributed by atoms with Crippen LogP contribution in [-0.2, 0) is 7.05 Å². The number of nitrogens with zero attached hydrogens (tertiary/aromatic N) is 4. The number of aromatic nitrogens is 5. The van der Waals surface area contributed by atoms with E-state index in [2.05, 4.69) is 109 Å². The Morgan fingerprint density at radius 3 is 2.08 bits per heavy atom. The standard InChI is InChI=1S/C24H22N4.C9H7N.Mg.2H/c1-14-15(2)24-16(3)22-10-9-20(27-22)12-19-6-5-17(25-19)11-18-7-8-21(26-18)13-23(14)28(24)4;1-2-6-9-8(4-1)5-3-7-10-9;;;/h5-13,25H,1-4H3;1-7H;;;/q;;+2;2*-1. The van der Waals surface area contributed by atoms with E-state index in [1.165, 1.54) is 33.1 Å². The molecule has 190 valence electrons. The van der Waals surface area contributed by atoms with Crippen molar-refractivity contribution in [1.29, 1.82) is 0 Å². The van der Waals surface area contributed by atoms with Gasteiger partial charge in [0.05, 0.1) is 28.3 Å². The quantitative estimate of drug-likeness (QED) is 0.208. The van der Waals surface area contributed by atoms with Crippen molar-refractivity contribution in [2.45, 2.75) is 20.8 Å². The van der Waals surface area contributed by atoms with Crippen molar-refractivity contribution >= 4 is 80.3 Å². The predicted octanol–water partition coefficient (Wildman–Crippen LogP) is 7.67. The van der Waals surface area contributed by atoms with E-state index in [-0.39, 0.29) is 25.9 Å². The Kier molecular flexibility index (Phi) is 7.50. The summed E-state index contributed by atoms with van der Waals surface area (Å²) in [6, 6.07) is 22.5. The van der Waals surface area contributed by atoms with Gasteiger partial charge in [0, 0.05) is 40.7 Å². The number of aryl methyl sites for hydroxylation is 4. The average molecular weight is 522 g/mol. The van der Waals surface area contributed by atoms with Crippen molar-refractivity contribution in [3.8, 4) is 0 Å². The van der Waals surface area contributed by atoms with Crippen molar-refractivity contribution < 1.29 is 2.85 Å². The maximum Gasteiger partial charge on any atom is 2.00 e. The summed E-state index contributed by atoms with van der Waals surface area (Å²) in [4.78, 5) is 17.2. The molecule has 7 rings (SSSR count). The fraction of sp³-hybridized carbons (Fsp3) is 0.121. The van der Waals surface area contributed by atoms with E-state index in [0.29, 0.717) is 0 Å². The van der Waals surface area contributed by atoms with E-state index in [9.17, 15) is 0 Å². The number of benzene rings is 1. The molecular formula is C33H31MgN5. The molecule has 0 radical (unpaired) electrons. The number of para-hydroxylation sites is 1. The van der Waals surface area contributed by atoms with Crippen LogP contribution in [0.3, 0.4) is 0 Å². The second-order valence-electron chi connectivity index (χ2n) is 9.72. The van der Waals surface area contributed by atoms with E-state index in [0.717, 1.165) is 39.3 Å². The minimum absolute atomic E-state index is 0. The van der Waals surface area contributed by atoms with Crippen molar-refractivity contribution in [3.05, 3.63) is 112 Å². The van der Waals surface area contributed by atoms with Crippen molar-refractivity contribution in [2.75, 3.05) is 0 Å². The Bertz CT molecular complexity index is 1870. The summed E-state index contributed by atoms with van der Waals surface area (Å²) in [6.07, 6.45) is 10.1. The van der Waals surface area contributed by atoms with Gasteiger partial charge in [0.2, 0.25) is 0 Å². The molecule has 8 bridgehead atoms. The third-order valence-electron chi connectivity index (χ3n) is 7.22. The number of aromatic amines is 1. The fourth-order valence-corrected chi connectivity index (χ4v) is 5.15. The molecule has 0 unspecified atom stereocenters. The monoisotopic (exact) mass is 521 g/mol. The number of hydrogen-bond donors (Lipinski definition) is 1. The molecule has 6 heterocycles. The van der Waals surface area contributed by atoms with Crippen molar-refractivity contribution in [1.82, 2.24) is 24.5 Å². The first kappa shape index (κ1) is 26.6. The van der Waals surface area contributed by atoms with Crippen molar-refractivity contribution in [2.24, 2.45) is 7.05 Å². The minimum atomic E-state index is 0. The van der Waals surface area contributed by atoms with Crippen LogP contribution in [0.1, 0.15) is 42.3 Å². The van der Waals surface area contributed by atoms with Gasteiger partial charge in [-0.15, -0.1) is 0 Å². The van der Waals surface area contributed by atoms with Crippen LogP contribution in [-0.4, -0.2) is 47.6 Å². The largest absolute Gasteiger partial charge is 2.00 e. The number of rotatable bonds is 0.